The van der Waals surface area contributed by atoms with Crippen molar-refractivity contribution in [3.8, 4) is 0 Å². The molecular formula is C16H28NO2+. The van der Waals surface area contributed by atoms with E-state index in [9.17, 15) is 0 Å². The fraction of sp³-hybridized carbons (Fsp3) is 0.875. The third-order valence-corrected chi connectivity index (χ3v) is 5.01. The second kappa shape index (κ2) is 5.94. The van der Waals surface area contributed by atoms with Crippen LogP contribution in [0.4, 0.5) is 0 Å². The average Bonchev–Trinajstić information content (AvgIpc) is 2.88. The zero-order valence-electron chi connectivity index (χ0n) is 12.2. The summed E-state index contributed by atoms with van der Waals surface area (Å²) in [7, 11) is 2.39. The summed E-state index contributed by atoms with van der Waals surface area (Å²) in [6.45, 7) is 4.57. The first-order chi connectivity index (χ1) is 9.25. The van der Waals surface area contributed by atoms with Crippen molar-refractivity contribution in [1.82, 2.24) is 0 Å². The van der Waals surface area contributed by atoms with E-state index in [0.717, 1.165) is 19.6 Å². The molecule has 0 bridgehead atoms. The summed E-state index contributed by atoms with van der Waals surface area (Å²) < 4.78 is 13.3. The molecule has 3 atom stereocenters. The predicted octanol–water partition coefficient (Wildman–Crippen LogP) is 2.71. The fourth-order valence-electron chi connectivity index (χ4n) is 3.83. The summed E-state index contributed by atoms with van der Waals surface area (Å²) >= 11 is 0. The molecule has 0 radical (unpaired) electrons. The molecule has 0 amide bonds. The van der Waals surface area contributed by atoms with Gasteiger partial charge in [-0.2, -0.15) is 0 Å². The maximum atomic E-state index is 6.20. The third-order valence-electron chi connectivity index (χ3n) is 5.01. The number of ether oxygens (including phenoxy) is 2. The molecule has 0 saturated carbocycles. The van der Waals surface area contributed by atoms with Gasteiger partial charge >= 0.3 is 0 Å². The first-order valence-corrected chi connectivity index (χ1v) is 8.01. The highest BCUT2D eigenvalue weighted by molar-refractivity contribution is 4.91. The zero-order valence-corrected chi connectivity index (χ0v) is 12.2. The van der Waals surface area contributed by atoms with Crippen molar-refractivity contribution >= 4 is 0 Å². The summed E-state index contributed by atoms with van der Waals surface area (Å²) in [5.74, 6) is 0.585. The van der Waals surface area contributed by atoms with Crippen molar-refractivity contribution in [2.75, 3.05) is 33.3 Å². The molecule has 0 aromatic heterocycles. The number of rotatable bonds is 3. The Morgan fingerprint density at radius 3 is 2.74 bits per heavy atom. The van der Waals surface area contributed by atoms with Crippen LogP contribution in [0.15, 0.2) is 12.2 Å². The molecule has 2 fully saturated rings. The van der Waals surface area contributed by atoms with Gasteiger partial charge in [-0.05, 0) is 38.5 Å². The smallest absolute Gasteiger partial charge is 0.161 e. The van der Waals surface area contributed by atoms with Crippen molar-refractivity contribution in [3.63, 3.8) is 0 Å². The molecule has 19 heavy (non-hydrogen) atoms. The van der Waals surface area contributed by atoms with Crippen LogP contribution in [0, 0.1) is 5.92 Å². The standard InChI is InChI=1S/C16H28NO2/c1-17(10-6-3-7-11-17)12-15-13-18-16(19-15)14-8-4-2-5-9-14/h2,4,14-16H,3,5-13H2,1H3/q+1/t14-,15-,16+/m1/s1. The number of piperidine rings is 1. The van der Waals surface area contributed by atoms with Gasteiger partial charge in [0.2, 0.25) is 0 Å². The Labute approximate surface area is 117 Å². The third kappa shape index (κ3) is 3.39. The predicted molar refractivity (Wildman–Crippen MR) is 75.7 cm³/mol. The molecule has 1 aliphatic carbocycles. The van der Waals surface area contributed by atoms with Gasteiger partial charge in [-0.1, -0.05) is 12.2 Å². The Morgan fingerprint density at radius 2 is 2.00 bits per heavy atom. The van der Waals surface area contributed by atoms with Gasteiger partial charge in [0.05, 0.1) is 26.7 Å². The second-order valence-corrected chi connectivity index (χ2v) is 6.81. The molecule has 0 unspecified atom stereocenters. The SMILES string of the molecule is C[N+]1(C[C@@H]2CO[C@H]([C@@H]3CC=CCC3)O2)CCCCC1. The lowest BCUT2D eigenvalue weighted by molar-refractivity contribution is -0.916. The monoisotopic (exact) mass is 266 g/mol. The van der Waals surface area contributed by atoms with Crippen LogP contribution in [0.5, 0.6) is 0 Å². The molecular weight excluding hydrogens is 238 g/mol. The van der Waals surface area contributed by atoms with E-state index < -0.39 is 0 Å². The average molecular weight is 266 g/mol. The molecule has 3 rings (SSSR count). The number of nitrogens with zero attached hydrogens (tertiary/aromatic N) is 1. The topological polar surface area (TPSA) is 18.5 Å². The summed E-state index contributed by atoms with van der Waals surface area (Å²) in [4.78, 5) is 0. The highest BCUT2D eigenvalue weighted by atomic mass is 16.7. The molecule has 0 aromatic rings. The number of hydrogen-bond acceptors (Lipinski definition) is 2. The number of hydrogen-bond donors (Lipinski definition) is 0. The molecule has 2 heterocycles. The minimum Gasteiger partial charge on any atom is -0.349 e. The summed E-state index contributed by atoms with van der Waals surface area (Å²) in [6.07, 6.45) is 12.6. The lowest BCUT2D eigenvalue weighted by Crippen LogP contribution is -2.52. The first-order valence-electron chi connectivity index (χ1n) is 8.01. The summed E-state index contributed by atoms with van der Waals surface area (Å²) in [5, 5.41) is 0. The Hall–Kier alpha value is -0.380. The second-order valence-electron chi connectivity index (χ2n) is 6.81. The highest BCUT2D eigenvalue weighted by Gasteiger charge is 2.37. The first kappa shape index (κ1) is 13.6. The van der Waals surface area contributed by atoms with E-state index in [-0.39, 0.29) is 6.29 Å². The van der Waals surface area contributed by atoms with Crippen molar-refractivity contribution in [1.29, 1.82) is 0 Å². The van der Waals surface area contributed by atoms with E-state index >= 15 is 0 Å². The lowest BCUT2D eigenvalue weighted by Gasteiger charge is -2.39. The number of quaternary nitrogens is 1. The van der Waals surface area contributed by atoms with E-state index in [1.807, 2.05) is 0 Å². The Bertz CT molecular complexity index is 323. The minimum absolute atomic E-state index is 0.0614. The van der Waals surface area contributed by atoms with Crippen molar-refractivity contribution in [3.05, 3.63) is 12.2 Å². The van der Waals surface area contributed by atoms with Crippen molar-refractivity contribution in [2.45, 2.75) is 50.9 Å². The molecule has 2 aliphatic heterocycles. The van der Waals surface area contributed by atoms with E-state index in [1.54, 1.807) is 0 Å². The molecule has 0 aromatic carbocycles. The molecule has 108 valence electrons. The fourth-order valence-corrected chi connectivity index (χ4v) is 3.83. The lowest BCUT2D eigenvalue weighted by atomic mass is 9.94. The van der Waals surface area contributed by atoms with E-state index in [2.05, 4.69) is 19.2 Å². The maximum absolute atomic E-state index is 6.20. The van der Waals surface area contributed by atoms with Crippen LogP contribution in [-0.2, 0) is 9.47 Å². The van der Waals surface area contributed by atoms with Crippen LogP contribution in [-0.4, -0.2) is 50.2 Å². The van der Waals surface area contributed by atoms with E-state index in [0.29, 0.717) is 12.0 Å². The summed E-state index contributed by atoms with van der Waals surface area (Å²) in [6, 6.07) is 0. The molecule has 0 spiro atoms. The molecule has 3 aliphatic rings. The van der Waals surface area contributed by atoms with Gasteiger partial charge in [0.25, 0.3) is 0 Å². The molecule has 0 N–H and O–H groups in total. The largest absolute Gasteiger partial charge is 0.349 e. The molecule has 2 saturated heterocycles. The van der Waals surface area contributed by atoms with Gasteiger partial charge in [0.1, 0.15) is 12.6 Å². The van der Waals surface area contributed by atoms with E-state index in [4.69, 9.17) is 9.47 Å². The van der Waals surface area contributed by atoms with Crippen molar-refractivity contribution in [2.24, 2.45) is 5.92 Å². The maximum Gasteiger partial charge on any atom is 0.161 e. The highest BCUT2D eigenvalue weighted by Crippen LogP contribution is 2.30. The Morgan fingerprint density at radius 1 is 1.16 bits per heavy atom. The Balaban J connectivity index is 1.49. The van der Waals surface area contributed by atoms with Gasteiger partial charge < -0.3 is 14.0 Å². The number of allylic oxidation sites excluding steroid dienone is 2. The van der Waals surface area contributed by atoms with Crippen molar-refractivity contribution < 1.29 is 14.0 Å². The van der Waals surface area contributed by atoms with Crippen LogP contribution in [0.2, 0.25) is 0 Å². The van der Waals surface area contributed by atoms with Crippen LogP contribution >= 0.6 is 0 Å². The molecule has 3 heteroatoms. The van der Waals surface area contributed by atoms with E-state index in [1.165, 1.54) is 49.7 Å². The van der Waals surface area contributed by atoms with Gasteiger partial charge in [-0.15, -0.1) is 0 Å². The Kier molecular flexibility index (Phi) is 4.25. The number of likely N-dealkylation sites (tertiary alicyclic amines) is 1. The normalized spacial score (nSPS) is 38.5. The van der Waals surface area contributed by atoms with Gasteiger partial charge in [-0.25, -0.2) is 0 Å². The van der Waals surface area contributed by atoms with Crippen LogP contribution in [0.25, 0.3) is 0 Å². The summed E-state index contributed by atoms with van der Waals surface area (Å²) in [5.41, 5.74) is 0. The minimum atomic E-state index is 0.0614. The molecule has 3 nitrogen and oxygen atoms in total. The van der Waals surface area contributed by atoms with Crippen LogP contribution in [0.1, 0.15) is 38.5 Å². The van der Waals surface area contributed by atoms with Crippen LogP contribution < -0.4 is 0 Å². The number of likely N-dealkylation sites (N-methyl/N-ethyl adjacent to an activating group) is 1. The van der Waals surface area contributed by atoms with Crippen LogP contribution in [0.3, 0.4) is 0 Å². The van der Waals surface area contributed by atoms with Gasteiger partial charge in [0, 0.05) is 5.92 Å². The quantitative estimate of drug-likeness (QED) is 0.577. The zero-order chi connectivity index (χ0) is 13.1. The van der Waals surface area contributed by atoms with Gasteiger partial charge in [0.15, 0.2) is 6.29 Å². The van der Waals surface area contributed by atoms with Gasteiger partial charge in [-0.3, -0.25) is 0 Å².